The highest BCUT2D eigenvalue weighted by Crippen LogP contribution is 2.36. The summed E-state index contributed by atoms with van der Waals surface area (Å²) in [4.78, 5) is 12.1. The Hall–Kier alpha value is -2.21. The average molecular weight is 322 g/mol. The molecule has 6 heteroatoms. The Morgan fingerprint density at radius 3 is 2.78 bits per heavy atom. The number of hydrogen-bond donors (Lipinski definition) is 2. The Bertz CT molecular complexity index is 706. The van der Waals surface area contributed by atoms with Gasteiger partial charge in [0, 0.05) is 6.61 Å². The summed E-state index contributed by atoms with van der Waals surface area (Å²) < 4.78 is 16.3. The van der Waals surface area contributed by atoms with Gasteiger partial charge in [0.2, 0.25) is 5.75 Å². The van der Waals surface area contributed by atoms with Crippen LogP contribution < -0.4 is 15.1 Å². The first-order valence-corrected chi connectivity index (χ1v) is 7.77. The summed E-state index contributed by atoms with van der Waals surface area (Å²) in [7, 11) is 0. The maximum absolute atomic E-state index is 12.1. The molecule has 0 radical (unpaired) electrons. The van der Waals surface area contributed by atoms with E-state index in [1.54, 1.807) is 18.2 Å². The monoisotopic (exact) mass is 322 g/mol. The summed E-state index contributed by atoms with van der Waals surface area (Å²) in [5, 5.41) is 19.5. The molecule has 6 nitrogen and oxygen atoms in total. The molecule has 1 aromatic heterocycles. The fourth-order valence-corrected chi connectivity index (χ4v) is 2.06. The lowest BCUT2D eigenvalue weighted by Gasteiger charge is -2.14. The molecule has 0 aliphatic rings. The molecule has 2 rings (SSSR count). The van der Waals surface area contributed by atoms with Gasteiger partial charge in [-0.05, 0) is 38.3 Å². The Labute approximate surface area is 134 Å². The minimum Gasteiger partial charge on any atom is -0.504 e. The van der Waals surface area contributed by atoms with Gasteiger partial charge in [0.1, 0.15) is 0 Å². The van der Waals surface area contributed by atoms with Gasteiger partial charge in [0.05, 0.1) is 18.1 Å². The van der Waals surface area contributed by atoms with E-state index in [0.717, 1.165) is 0 Å². The second-order valence-electron chi connectivity index (χ2n) is 5.32. The lowest BCUT2D eigenvalue weighted by atomic mass is 10.2. The predicted octanol–water partition coefficient (Wildman–Crippen LogP) is 2.83. The smallest absolute Gasteiger partial charge is 0.383 e. The Kier molecular flexibility index (Phi) is 5.87. The summed E-state index contributed by atoms with van der Waals surface area (Å²) in [6.45, 7) is 4.22. The van der Waals surface area contributed by atoms with Gasteiger partial charge in [-0.1, -0.05) is 13.0 Å². The summed E-state index contributed by atoms with van der Waals surface area (Å²) >= 11 is 0. The van der Waals surface area contributed by atoms with Crippen molar-refractivity contribution in [2.45, 2.75) is 39.2 Å². The minimum absolute atomic E-state index is 0.102. The first kappa shape index (κ1) is 17.1. The fourth-order valence-electron chi connectivity index (χ4n) is 2.06. The van der Waals surface area contributed by atoms with Crippen LogP contribution in [0.4, 0.5) is 0 Å². The van der Waals surface area contributed by atoms with E-state index in [-0.39, 0.29) is 29.8 Å². The molecule has 23 heavy (non-hydrogen) atoms. The van der Waals surface area contributed by atoms with E-state index >= 15 is 0 Å². The molecule has 0 saturated carbocycles. The van der Waals surface area contributed by atoms with Crippen molar-refractivity contribution >= 4 is 11.0 Å². The van der Waals surface area contributed by atoms with Crippen LogP contribution in [0.3, 0.4) is 0 Å². The van der Waals surface area contributed by atoms with Crippen molar-refractivity contribution in [2.24, 2.45) is 0 Å². The van der Waals surface area contributed by atoms with Gasteiger partial charge < -0.3 is 24.1 Å². The number of fused-ring (bicyclic) bond motifs is 1. The molecule has 0 saturated heterocycles. The normalized spacial score (nSPS) is 12.3. The second kappa shape index (κ2) is 7.87. The van der Waals surface area contributed by atoms with Crippen LogP contribution >= 0.6 is 0 Å². The van der Waals surface area contributed by atoms with Crippen LogP contribution in [-0.2, 0) is 0 Å². The molecule has 1 aromatic carbocycles. The molecular formula is C17H22O6. The third-order valence-electron chi connectivity index (χ3n) is 3.53. The zero-order valence-corrected chi connectivity index (χ0v) is 13.4. The van der Waals surface area contributed by atoms with E-state index in [0.29, 0.717) is 37.0 Å². The van der Waals surface area contributed by atoms with Crippen LogP contribution in [0.25, 0.3) is 11.0 Å². The standard InChI is InChI=1S/C17H22O6/c1-3-11(2)22-16-14(19)12-7-6-8-13(15(12)23-17(16)20)21-10-5-4-9-18/h6-8,11,18-19H,3-5,9-10H2,1-2H3. The van der Waals surface area contributed by atoms with E-state index in [1.807, 2.05) is 13.8 Å². The van der Waals surface area contributed by atoms with Crippen LogP contribution in [0.5, 0.6) is 17.2 Å². The number of unbranched alkanes of at least 4 members (excludes halogenated alkanes) is 1. The number of benzene rings is 1. The summed E-state index contributed by atoms with van der Waals surface area (Å²) in [6, 6.07) is 5.01. The lowest BCUT2D eigenvalue weighted by molar-refractivity contribution is 0.199. The number of aliphatic hydroxyl groups excluding tert-OH is 1. The van der Waals surface area contributed by atoms with Crippen molar-refractivity contribution < 1.29 is 24.1 Å². The Morgan fingerprint density at radius 1 is 1.30 bits per heavy atom. The molecule has 0 aliphatic carbocycles. The maximum atomic E-state index is 12.1. The quantitative estimate of drug-likeness (QED) is 0.574. The topological polar surface area (TPSA) is 89.1 Å². The molecule has 1 atom stereocenters. The molecule has 2 aromatic rings. The van der Waals surface area contributed by atoms with Gasteiger partial charge in [-0.25, -0.2) is 4.79 Å². The minimum atomic E-state index is -0.735. The Balaban J connectivity index is 2.37. The highest BCUT2D eigenvalue weighted by molar-refractivity contribution is 5.89. The molecule has 0 amide bonds. The highest BCUT2D eigenvalue weighted by atomic mass is 16.5. The van der Waals surface area contributed by atoms with Gasteiger partial charge >= 0.3 is 5.63 Å². The second-order valence-corrected chi connectivity index (χ2v) is 5.32. The van der Waals surface area contributed by atoms with Crippen molar-refractivity contribution in [1.82, 2.24) is 0 Å². The van der Waals surface area contributed by atoms with Crippen LogP contribution in [0.15, 0.2) is 27.4 Å². The van der Waals surface area contributed by atoms with E-state index in [2.05, 4.69) is 0 Å². The molecule has 2 N–H and O–H groups in total. The Morgan fingerprint density at radius 2 is 2.09 bits per heavy atom. The number of aliphatic hydroxyl groups is 1. The van der Waals surface area contributed by atoms with Gasteiger partial charge in [-0.3, -0.25) is 0 Å². The number of ether oxygens (including phenoxy) is 2. The first-order valence-electron chi connectivity index (χ1n) is 7.77. The number of aromatic hydroxyl groups is 1. The molecule has 1 unspecified atom stereocenters. The SMILES string of the molecule is CCC(C)Oc1c(O)c2cccc(OCCCCO)c2oc1=O. The molecular weight excluding hydrogens is 300 g/mol. The van der Waals surface area contributed by atoms with Crippen molar-refractivity contribution in [3.05, 3.63) is 28.6 Å². The van der Waals surface area contributed by atoms with E-state index < -0.39 is 5.63 Å². The van der Waals surface area contributed by atoms with Crippen molar-refractivity contribution in [3.8, 4) is 17.2 Å². The summed E-state index contributed by atoms with van der Waals surface area (Å²) in [6.07, 6.45) is 1.80. The lowest BCUT2D eigenvalue weighted by Crippen LogP contribution is -2.16. The van der Waals surface area contributed by atoms with Crippen molar-refractivity contribution in [2.75, 3.05) is 13.2 Å². The van der Waals surface area contributed by atoms with Crippen LogP contribution in [-0.4, -0.2) is 29.5 Å². The molecule has 0 bridgehead atoms. The average Bonchev–Trinajstić information content (AvgIpc) is 2.55. The van der Waals surface area contributed by atoms with E-state index in [4.69, 9.17) is 19.0 Å². The fraction of sp³-hybridized carbons (Fsp3) is 0.471. The summed E-state index contributed by atoms with van der Waals surface area (Å²) in [5.74, 6) is -0.0374. The van der Waals surface area contributed by atoms with Crippen LogP contribution in [0.1, 0.15) is 33.1 Å². The molecule has 0 spiro atoms. The zero-order valence-electron chi connectivity index (χ0n) is 13.4. The molecule has 0 fully saturated rings. The number of rotatable bonds is 8. The van der Waals surface area contributed by atoms with Gasteiger partial charge in [0.15, 0.2) is 17.1 Å². The highest BCUT2D eigenvalue weighted by Gasteiger charge is 2.19. The van der Waals surface area contributed by atoms with E-state index in [9.17, 15) is 9.90 Å². The molecule has 1 heterocycles. The van der Waals surface area contributed by atoms with Gasteiger partial charge in [-0.15, -0.1) is 0 Å². The largest absolute Gasteiger partial charge is 0.504 e. The predicted molar refractivity (Wildman–Crippen MR) is 86.3 cm³/mol. The third kappa shape index (κ3) is 3.96. The number of hydrogen-bond acceptors (Lipinski definition) is 6. The third-order valence-corrected chi connectivity index (χ3v) is 3.53. The number of para-hydroxylation sites is 1. The molecule has 126 valence electrons. The molecule has 0 aliphatic heterocycles. The van der Waals surface area contributed by atoms with Crippen LogP contribution in [0, 0.1) is 0 Å². The maximum Gasteiger partial charge on any atom is 0.383 e. The first-order chi connectivity index (χ1) is 11.1. The summed E-state index contributed by atoms with van der Waals surface area (Å²) in [5.41, 5.74) is -0.544. The van der Waals surface area contributed by atoms with Gasteiger partial charge in [0.25, 0.3) is 0 Å². The zero-order chi connectivity index (χ0) is 16.8. The van der Waals surface area contributed by atoms with Crippen molar-refractivity contribution in [1.29, 1.82) is 0 Å². The van der Waals surface area contributed by atoms with E-state index in [1.165, 1.54) is 0 Å². The van der Waals surface area contributed by atoms with Crippen LogP contribution in [0.2, 0.25) is 0 Å². The van der Waals surface area contributed by atoms with Crippen molar-refractivity contribution in [3.63, 3.8) is 0 Å². The van der Waals surface area contributed by atoms with Gasteiger partial charge in [-0.2, -0.15) is 0 Å².